The Morgan fingerprint density at radius 2 is 2.16 bits per heavy atom. The zero-order chi connectivity index (χ0) is 14.3. The lowest BCUT2D eigenvalue weighted by molar-refractivity contribution is 0.603. The van der Waals surface area contributed by atoms with Gasteiger partial charge in [-0.3, -0.25) is 0 Å². The van der Waals surface area contributed by atoms with Gasteiger partial charge in [0.25, 0.3) is 0 Å². The van der Waals surface area contributed by atoms with E-state index in [1.807, 2.05) is 0 Å². The van der Waals surface area contributed by atoms with E-state index < -0.39 is 9.84 Å². The maximum Gasteiger partial charge on any atom is 0.148 e. The number of hydrogen-bond donors (Lipinski definition) is 1. The Morgan fingerprint density at radius 1 is 1.42 bits per heavy atom. The predicted octanol–water partition coefficient (Wildman–Crippen LogP) is 1.41. The van der Waals surface area contributed by atoms with Gasteiger partial charge in [0, 0.05) is 23.3 Å². The highest BCUT2D eigenvalue weighted by Crippen LogP contribution is 2.17. The topological polar surface area (TPSA) is 60.2 Å². The summed E-state index contributed by atoms with van der Waals surface area (Å²) in [5.74, 6) is 6.12. The van der Waals surface area contributed by atoms with Crippen molar-refractivity contribution in [3.8, 4) is 11.8 Å². The van der Waals surface area contributed by atoms with E-state index in [4.69, 9.17) is 5.73 Å². The van der Waals surface area contributed by atoms with Crippen LogP contribution in [0.2, 0.25) is 0 Å². The van der Waals surface area contributed by atoms with E-state index in [-0.39, 0.29) is 18.1 Å². The van der Waals surface area contributed by atoms with Crippen molar-refractivity contribution in [3.63, 3.8) is 0 Å². The fraction of sp³-hybridized carbons (Fsp3) is 0.385. The molecular weight excluding hydrogens is 285 g/mol. The molecule has 0 atom stereocenters. The lowest BCUT2D eigenvalue weighted by Gasteiger charge is -2.03. The molecule has 0 saturated carbocycles. The molecule has 0 aliphatic heterocycles. The van der Waals surface area contributed by atoms with Crippen molar-refractivity contribution < 1.29 is 12.8 Å². The van der Waals surface area contributed by atoms with Crippen LogP contribution < -0.4 is 5.73 Å². The van der Waals surface area contributed by atoms with Crippen LogP contribution in [0.5, 0.6) is 0 Å². The average Bonchev–Trinajstić information content (AvgIpc) is 2.32. The van der Waals surface area contributed by atoms with Gasteiger partial charge in [-0.1, -0.05) is 17.9 Å². The number of rotatable bonds is 5. The minimum Gasteiger partial charge on any atom is -0.320 e. The van der Waals surface area contributed by atoms with Gasteiger partial charge in [-0.05, 0) is 17.7 Å². The Hall–Kier alpha value is -1.03. The van der Waals surface area contributed by atoms with Crippen LogP contribution in [0.1, 0.15) is 11.1 Å². The van der Waals surface area contributed by atoms with Crippen molar-refractivity contribution in [2.45, 2.75) is 5.75 Å². The van der Waals surface area contributed by atoms with Gasteiger partial charge < -0.3 is 5.73 Å². The van der Waals surface area contributed by atoms with Crippen LogP contribution in [0, 0.1) is 17.7 Å². The highest BCUT2D eigenvalue weighted by Gasteiger charge is 2.05. The molecule has 0 aromatic heterocycles. The number of nitrogens with two attached hydrogens (primary N) is 1. The van der Waals surface area contributed by atoms with E-state index in [9.17, 15) is 12.8 Å². The molecule has 0 radical (unpaired) electrons. The van der Waals surface area contributed by atoms with Crippen molar-refractivity contribution in [2.75, 3.05) is 24.3 Å². The molecule has 104 valence electrons. The van der Waals surface area contributed by atoms with E-state index in [2.05, 4.69) is 11.8 Å². The quantitative estimate of drug-likeness (QED) is 0.660. The molecular formula is C13H16FNO2S2. The number of halogens is 1. The lowest BCUT2D eigenvalue weighted by Crippen LogP contribution is -2.05. The number of benzene rings is 1. The molecule has 0 heterocycles. The van der Waals surface area contributed by atoms with Crippen LogP contribution in [0.3, 0.4) is 0 Å². The summed E-state index contributed by atoms with van der Waals surface area (Å²) in [6.07, 6.45) is 1.19. The Morgan fingerprint density at radius 3 is 2.74 bits per heavy atom. The maximum absolute atomic E-state index is 13.7. The van der Waals surface area contributed by atoms with Gasteiger partial charge in [0.2, 0.25) is 0 Å². The molecule has 1 aromatic rings. The van der Waals surface area contributed by atoms with Crippen LogP contribution >= 0.6 is 11.8 Å². The van der Waals surface area contributed by atoms with Gasteiger partial charge in [0.15, 0.2) is 0 Å². The molecule has 0 amide bonds. The molecule has 19 heavy (non-hydrogen) atoms. The fourth-order valence-electron chi connectivity index (χ4n) is 1.29. The van der Waals surface area contributed by atoms with Crippen molar-refractivity contribution in [3.05, 3.63) is 35.1 Å². The molecule has 0 aliphatic carbocycles. The van der Waals surface area contributed by atoms with Crippen molar-refractivity contribution >= 4 is 21.6 Å². The number of hydrogen-bond acceptors (Lipinski definition) is 4. The summed E-state index contributed by atoms with van der Waals surface area (Å²) in [6.45, 7) is 0.241. The summed E-state index contributed by atoms with van der Waals surface area (Å²) >= 11 is 1.40. The average molecular weight is 301 g/mol. The van der Waals surface area contributed by atoms with Crippen molar-refractivity contribution in [1.82, 2.24) is 0 Å². The first-order valence-corrected chi connectivity index (χ1v) is 8.87. The molecule has 0 saturated heterocycles. The van der Waals surface area contributed by atoms with Crippen molar-refractivity contribution in [1.29, 1.82) is 0 Å². The molecule has 0 unspecified atom stereocenters. The summed E-state index contributed by atoms with van der Waals surface area (Å²) < 4.78 is 35.6. The summed E-state index contributed by atoms with van der Waals surface area (Å²) in [5.41, 5.74) is 6.38. The Balaban J connectivity index is 2.56. The second-order valence-corrected chi connectivity index (χ2v) is 7.36. The van der Waals surface area contributed by atoms with Gasteiger partial charge in [0.05, 0.1) is 12.3 Å². The van der Waals surface area contributed by atoms with Crippen LogP contribution in [0.4, 0.5) is 4.39 Å². The minimum absolute atomic E-state index is 0.110. The number of sulfone groups is 1. The van der Waals surface area contributed by atoms with Crippen LogP contribution in [0.25, 0.3) is 0 Å². The molecule has 2 N–H and O–H groups in total. The standard InChI is InChI=1S/C13H16FNO2S2/c1-19(16,17)8-7-18-10-12-5-4-11(3-2-6-15)9-13(12)14/h4-5,9H,6-8,10,15H2,1H3. The van der Waals surface area contributed by atoms with Crippen molar-refractivity contribution in [2.24, 2.45) is 5.73 Å². The molecule has 6 heteroatoms. The summed E-state index contributed by atoms with van der Waals surface area (Å²) in [6, 6.07) is 4.77. The highest BCUT2D eigenvalue weighted by atomic mass is 32.2. The maximum atomic E-state index is 13.7. The lowest BCUT2D eigenvalue weighted by atomic mass is 10.1. The molecule has 0 spiro atoms. The van der Waals surface area contributed by atoms with Gasteiger partial charge in [0.1, 0.15) is 15.7 Å². The second-order valence-electron chi connectivity index (χ2n) is 3.99. The summed E-state index contributed by atoms with van der Waals surface area (Å²) in [4.78, 5) is 0. The fourth-order valence-corrected chi connectivity index (χ4v) is 3.57. The molecule has 0 aliphatic rings. The first-order valence-electron chi connectivity index (χ1n) is 5.65. The molecule has 1 rings (SSSR count). The third-order valence-electron chi connectivity index (χ3n) is 2.24. The van der Waals surface area contributed by atoms with Gasteiger partial charge in [-0.2, -0.15) is 11.8 Å². The minimum atomic E-state index is -2.95. The van der Waals surface area contributed by atoms with Crippen LogP contribution in [-0.4, -0.2) is 32.7 Å². The Labute approximate surface area is 117 Å². The van der Waals surface area contributed by atoms with E-state index in [0.717, 1.165) is 0 Å². The van der Waals surface area contributed by atoms with E-state index in [0.29, 0.717) is 22.6 Å². The Bertz CT molecular complexity index is 588. The van der Waals surface area contributed by atoms with Gasteiger partial charge in [-0.15, -0.1) is 0 Å². The summed E-state index contributed by atoms with van der Waals surface area (Å²) in [5, 5.41) is 0. The highest BCUT2D eigenvalue weighted by molar-refractivity contribution is 7.99. The molecule has 1 aromatic carbocycles. The third-order valence-corrected chi connectivity index (χ3v) is 4.46. The van der Waals surface area contributed by atoms with Gasteiger partial charge in [-0.25, -0.2) is 12.8 Å². The summed E-state index contributed by atoms with van der Waals surface area (Å²) in [7, 11) is -2.95. The van der Waals surface area contributed by atoms with Crippen LogP contribution in [-0.2, 0) is 15.6 Å². The zero-order valence-electron chi connectivity index (χ0n) is 10.6. The predicted molar refractivity (Wildman–Crippen MR) is 78.2 cm³/mol. The first-order chi connectivity index (χ1) is 8.92. The van der Waals surface area contributed by atoms with Crippen LogP contribution in [0.15, 0.2) is 18.2 Å². The monoisotopic (exact) mass is 301 g/mol. The molecule has 3 nitrogen and oxygen atoms in total. The molecule has 0 fully saturated rings. The largest absolute Gasteiger partial charge is 0.320 e. The third kappa shape index (κ3) is 6.62. The second kappa shape index (κ2) is 7.53. The SMILES string of the molecule is CS(=O)(=O)CCSCc1ccc(C#CCN)cc1F. The molecule has 0 bridgehead atoms. The first kappa shape index (κ1) is 16.0. The zero-order valence-corrected chi connectivity index (χ0v) is 12.3. The van der Waals surface area contributed by atoms with E-state index >= 15 is 0 Å². The normalized spacial score (nSPS) is 10.9. The Kier molecular flexibility index (Phi) is 6.35. The van der Waals surface area contributed by atoms with Gasteiger partial charge >= 0.3 is 0 Å². The van der Waals surface area contributed by atoms with E-state index in [1.165, 1.54) is 24.1 Å². The smallest absolute Gasteiger partial charge is 0.148 e. The number of thioether (sulfide) groups is 1. The van der Waals surface area contributed by atoms with E-state index in [1.54, 1.807) is 12.1 Å².